The molecular weight excluding hydrogens is 266 g/mol. The van der Waals surface area contributed by atoms with Crippen molar-refractivity contribution in [1.29, 1.82) is 0 Å². The number of benzene rings is 1. The smallest absolute Gasteiger partial charge is 0.163 e. The van der Waals surface area contributed by atoms with Gasteiger partial charge in [0.15, 0.2) is 5.82 Å². The first-order chi connectivity index (χ1) is 10.2. The molecule has 3 aromatic rings. The van der Waals surface area contributed by atoms with Crippen LogP contribution in [0.25, 0.3) is 11.4 Å². The van der Waals surface area contributed by atoms with Gasteiger partial charge in [-0.2, -0.15) is 0 Å². The van der Waals surface area contributed by atoms with Gasteiger partial charge in [-0.25, -0.2) is 9.97 Å². The lowest BCUT2D eigenvalue weighted by Crippen LogP contribution is -2.05. The molecule has 0 spiro atoms. The van der Waals surface area contributed by atoms with E-state index in [1.807, 2.05) is 43.3 Å². The van der Waals surface area contributed by atoms with E-state index in [1.165, 1.54) is 0 Å². The average Bonchev–Trinajstić information content (AvgIpc) is 2.91. The first-order valence-electron chi connectivity index (χ1n) is 6.57. The van der Waals surface area contributed by atoms with Crippen LogP contribution in [0.5, 0.6) is 0 Å². The lowest BCUT2D eigenvalue weighted by molar-refractivity contribution is 0.391. The van der Waals surface area contributed by atoms with Gasteiger partial charge in [0.25, 0.3) is 0 Å². The van der Waals surface area contributed by atoms with Crippen molar-refractivity contribution in [2.75, 3.05) is 11.1 Å². The Hall–Kier alpha value is -2.89. The molecule has 0 saturated carbocycles. The highest BCUT2D eigenvalue weighted by Crippen LogP contribution is 2.19. The minimum absolute atomic E-state index is 0.419. The minimum atomic E-state index is 0.419. The van der Waals surface area contributed by atoms with Crippen molar-refractivity contribution >= 4 is 11.6 Å². The van der Waals surface area contributed by atoms with Crippen LogP contribution in [0.4, 0.5) is 11.6 Å². The van der Waals surface area contributed by atoms with Crippen molar-refractivity contribution in [3.63, 3.8) is 0 Å². The molecule has 3 N–H and O–H groups in total. The van der Waals surface area contributed by atoms with Crippen LogP contribution >= 0.6 is 0 Å². The van der Waals surface area contributed by atoms with Crippen LogP contribution < -0.4 is 11.1 Å². The Morgan fingerprint density at radius 2 is 1.95 bits per heavy atom. The molecule has 106 valence electrons. The van der Waals surface area contributed by atoms with Crippen molar-refractivity contribution < 1.29 is 4.52 Å². The fourth-order valence-corrected chi connectivity index (χ4v) is 1.96. The van der Waals surface area contributed by atoms with Crippen LogP contribution in [0.1, 0.15) is 11.5 Å². The van der Waals surface area contributed by atoms with Gasteiger partial charge in [-0.3, -0.25) is 0 Å². The number of nitrogens with two attached hydrogens (primary N) is 1. The van der Waals surface area contributed by atoms with Crippen LogP contribution in [-0.4, -0.2) is 15.1 Å². The number of nitrogens with zero attached hydrogens (tertiary/aromatic N) is 3. The van der Waals surface area contributed by atoms with Crippen LogP contribution in [0.2, 0.25) is 0 Å². The molecular formula is C15H15N5O. The SMILES string of the molecule is Cc1cc(CNc2cc(N)nc(-c3ccccc3)n2)no1. The zero-order valence-corrected chi connectivity index (χ0v) is 11.6. The molecule has 0 fully saturated rings. The fourth-order valence-electron chi connectivity index (χ4n) is 1.96. The molecule has 21 heavy (non-hydrogen) atoms. The van der Waals surface area contributed by atoms with Gasteiger partial charge in [0.2, 0.25) is 0 Å². The monoisotopic (exact) mass is 281 g/mol. The molecule has 0 amide bonds. The molecule has 0 atom stereocenters. The van der Waals surface area contributed by atoms with Gasteiger partial charge in [0.1, 0.15) is 23.1 Å². The van der Waals surface area contributed by atoms with E-state index >= 15 is 0 Å². The normalized spacial score (nSPS) is 10.5. The summed E-state index contributed by atoms with van der Waals surface area (Å²) in [5.74, 6) is 2.44. The molecule has 1 aromatic carbocycles. The molecule has 0 bridgehead atoms. The minimum Gasteiger partial charge on any atom is -0.384 e. The second kappa shape index (κ2) is 5.62. The molecule has 0 saturated heterocycles. The fraction of sp³-hybridized carbons (Fsp3) is 0.133. The lowest BCUT2D eigenvalue weighted by atomic mass is 10.2. The average molecular weight is 281 g/mol. The number of anilines is 2. The van der Waals surface area contributed by atoms with Crippen LogP contribution in [-0.2, 0) is 6.54 Å². The Labute approximate surface area is 122 Å². The first kappa shape index (κ1) is 13.1. The number of hydrogen-bond acceptors (Lipinski definition) is 6. The van der Waals surface area contributed by atoms with E-state index in [2.05, 4.69) is 20.4 Å². The van der Waals surface area contributed by atoms with Crippen LogP contribution in [0, 0.1) is 6.92 Å². The largest absolute Gasteiger partial charge is 0.384 e. The van der Waals surface area contributed by atoms with E-state index in [9.17, 15) is 0 Å². The maximum atomic E-state index is 5.84. The van der Waals surface area contributed by atoms with E-state index in [4.69, 9.17) is 10.3 Å². The summed E-state index contributed by atoms with van der Waals surface area (Å²) < 4.78 is 5.02. The number of aromatic nitrogens is 3. The van der Waals surface area contributed by atoms with Crippen molar-refractivity contribution in [3.8, 4) is 11.4 Å². The molecule has 0 unspecified atom stereocenters. The summed E-state index contributed by atoms with van der Waals surface area (Å²) in [5, 5.41) is 7.09. The third-order valence-electron chi connectivity index (χ3n) is 2.91. The number of nitrogens with one attached hydrogen (secondary N) is 1. The van der Waals surface area contributed by atoms with Gasteiger partial charge in [-0.1, -0.05) is 35.5 Å². The summed E-state index contributed by atoms with van der Waals surface area (Å²) in [4.78, 5) is 8.72. The van der Waals surface area contributed by atoms with Gasteiger partial charge >= 0.3 is 0 Å². The third kappa shape index (κ3) is 3.17. The van der Waals surface area contributed by atoms with Gasteiger partial charge in [0, 0.05) is 17.7 Å². The predicted molar refractivity (Wildman–Crippen MR) is 80.4 cm³/mol. The summed E-state index contributed by atoms with van der Waals surface area (Å²) in [5.41, 5.74) is 7.58. The van der Waals surface area contributed by atoms with Crippen LogP contribution in [0.3, 0.4) is 0 Å². The summed E-state index contributed by atoms with van der Waals surface area (Å²) in [6, 6.07) is 13.3. The highest BCUT2D eigenvalue weighted by molar-refractivity contribution is 5.60. The molecule has 6 nitrogen and oxygen atoms in total. The molecule has 2 aromatic heterocycles. The Kier molecular flexibility index (Phi) is 3.51. The molecule has 0 aliphatic heterocycles. The second-order valence-electron chi connectivity index (χ2n) is 4.65. The summed E-state index contributed by atoms with van der Waals surface area (Å²) in [6.07, 6.45) is 0. The zero-order chi connectivity index (χ0) is 14.7. The Morgan fingerprint density at radius 3 is 2.67 bits per heavy atom. The third-order valence-corrected chi connectivity index (χ3v) is 2.91. The maximum absolute atomic E-state index is 5.84. The van der Waals surface area contributed by atoms with Gasteiger partial charge in [-0.05, 0) is 6.92 Å². The molecule has 6 heteroatoms. The zero-order valence-electron chi connectivity index (χ0n) is 11.6. The number of aryl methyl sites for hydroxylation is 1. The Balaban J connectivity index is 1.81. The summed E-state index contributed by atoms with van der Waals surface area (Å²) in [7, 11) is 0. The predicted octanol–water partition coefficient (Wildman–Crippen LogP) is 2.63. The first-order valence-corrected chi connectivity index (χ1v) is 6.57. The summed E-state index contributed by atoms with van der Waals surface area (Å²) >= 11 is 0. The van der Waals surface area contributed by atoms with E-state index in [0.717, 1.165) is 17.0 Å². The van der Waals surface area contributed by atoms with E-state index in [1.54, 1.807) is 6.07 Å². The topological polar surface area (TPSA) is 89.9 Å². The van der Waals surface area contributed by atoms with Gasteiger partial charge in [0.05, 0.1) is 6.54 Å². The van der Waals surface area contributed by atoms with Crippen molar-refractivity contribution in [1.82, 2.24) is 15.1 Å². The highest BCUT2D eigenvalue weighted by Gasteiger charge is 2.06. The number of rotatable bonds is 4. The van der Waals surface area contributed by atoms with Gasteiger partial charge in [-0.15, -0.1) is 0 Å². The Bertz CT molecular complexity index is 739. The highest BCUT2D eigenvalue weighted by atomic mass is 16.5. The second-order valence-corrected chi connectivity index (χ2v) is 4.65. The molecule has 0 radical (unpaired) electrons. The van der Waals surface area contributed by atoms with Crippen LogP contribution in [0.15, 0.2) is 47.0 Å². The number of nitrogen functional groups attached to an aromatic ring is 1. The standard InChI is InChI=1S/C15H15N5O/c1-10-7-12(20-21-10)9-17-14-8-13(16)18-15(19-14)11-5-3-2-4-6-11/h2-8H,9H2,1H3,(H3,16,17,18,19). The molecule has 2 heterocycles. The molecule has 0 aliphatic rings. The molecule has 3 rings (SSSR count). The van der Waals surface area contributed by atoms with E-state index < -0.39 is 0 Å². The Morgan fingerprint density at radius 1 is 1.14 bits per heavy atom. The van der Waals surface area contributed by atoms with Crippen molar-refractivity contribution in [3.05, 3.63) is 53.9 Å². The van der Waals surface area contributed by atoms with Gasteiger partial charge < -0.3 is 15.6 Å². The number of hydrogen-bond donors (Lipinski definition) is 2. The lowest BCUT2D eigenvalue weighted by Gasteiger charge is -2.07. The van der Waals surface area contributed by atoms with E-state index in [-0.39, 0.29) is 0 Å². The van der Waals surface area contributed by atoms with Crippen molar-refractivity contribution in [2.45, 2.75) is 13.5 Å². The quantitative estimate of drug-likeness (QED) is 0.764. The van der Waals surface area contributed by atoms with E-state index in [0.29, 0.717) is 24.0 Å². The molecule has 0 aliphatic carbocycles. The maximum Gasteiger partial charge on any atom is 0.163 e. The van der Waals surface area contributed by atoms with Crippen molar-refractivity contribution in [2.24, 2.45) is 0 Å². The summed E-state index contributed by atoms with van der Waals surface area (Å²) in [6.45, 7) is 2.37.